The zero-order chi connectivity index (χ0) is 14.3. The van der Waals surface area contributed by atoms with Crippen molar-refractivity contribution >= 4 is 26.8 Å². The molecule has 20 heavy (non-hydrogen) atoms. The van der Waals surface area contributed by atoms with Crippen molar-refractivity contribution in [3.8, 4) is 0 Å². The number of halogens is 1. The maximum atomic E-state index is 10.9. The molecule has 1 aromatic carbocycles. The summed E-state index contributed by atoms with van der Waals surface area (Å²) < 4.78 is 3.24. The number of fused-ring (bicyclic) bond motifs is 3. The number of rotatable bonds is 3. The van der Waals surface area contributed by atoms with Crippen LogP contribution in [0.3, 0.4) is 0 Å². The molecule has 1 aliphatic rings. The van der Waals surface area contributed by atoms with Crippen molar-refractivity contribution < 1.29 is 5.11 Å². The predicted molar refractivity (Wildman–Crippen MR) is 86.9 cm³/mol. The van der Waals surface area contributed by atoms with Gasteiger partial charge in [0.25, 0.3) is 0 Å². The van der Waals surface area contributed by atoms with E-state index in [1.807, 2.05) is 12.1 Å². The highest BCUT2D eigenvalue weighted by Gasteiger charge is 2.36. The highest BCUT2D eigenvalue weighted by molar-refractivity contribution is 9.10. The van der Waals surface area contributed by atoms with Gasteiger partial charge in [0.2, 0.25) is 0 Å². The molecule has 0 amide bonds. The number of allylic oxidation sites excluding steroid dienone is 1. The minimum absolute atomic E-state index is 0.698. The minimum atomic E-state index is -0.928. The van der Waals surface area contributed by atoms with Crippen molar-refractivity contribution in [2.45, 2.75) is 31.4 Å². The third-order valence-corrected chi connectivity index (χ3v) is 4.67. The molecule has 1 N–H and O–H groups in total. The largest absolute Gasteiger partial charge is 0.379 e. The van der Waals surface area contributed by atoms with Gasteiger partial charge in [0.1, 0.15) is 5.60 Å². The SMILES string of the molecule is C=CCn1c2c(c3cc(Br)ccc31)CCCC2(O)C=C. The van der Waals surface area contributed by atoms with Crippen LogP contribution in [0.15, 0.2) is 48.0 Å². The maximum Gasteiger partial charge on any atom is 0.123 e. The highest BCUT2D eigenvalue weighted by atomic mass is 79.9. The molecular weight excluding hydrogens is 314 g/mol. The van der Waals surface area contributed by atoms with Gasteiger partial charge < -0.3 is 9.67 Å². The monoisotopic (exact) mass is 331 g/mol. The quantitative estimate of drug-likeness (QED) is 0.833. The zero-order valence-electron chi connectivity index (χ0n) is 11.4. The summed E-state index contributed by atoms with van der Waals surface area (Å²) in [6, 6.07) is 6.29. The fourth-order valence-corrected chi connectivity index (χ4v) is 3.68. The van der Waals surface area contributed by atoms with E-state index in [0.717, 1.165) is 34.9 Å². The van der Waals surface area contributed by atoms with Gasteiger partial charge in [-0.2, -0.15) is 0 Å². The van der Waals surface area contributed by atoms with Crippen molar-refractivity contribution in [2.24, 2.45) is 0 Å². The third kappa shape index (κ3) is 1.88. The topological polar surface area (TPSA) is 25.2 Å². The molecule has 3 heteroatoms. The van der Waals surface area contributed by atoms with Crippen LogP contribution >= 0.6 is 15.9 Å². The number of aryl methyl sites for hydroxylation is 1. The molecule has 0 fully saturated rings. The van der Waals surface area contributed by atoms with E-state index in [0.29, 0.717) is 6.54 Å². The van der Waals surface area contributed by atoms with Crippen LogP contribution in [0.25, 0.3) is 10.9 Å². The Morgan fingerprint density at radius 1 is 1.40 bits per heavy atom. The van der Waals surface area contributed by atoms with Gasteiger partial charge in [-0.3, -0.25) is 0 Å². The number of hydrogen-bond donors (Lipinski definition) is 1. The first-order valence-electron chi connectivity index (χ1n) is 6.88. The van der Waals surface area contributed by atoms with E-state index in [9.17, 15) is 5.11 Å². The summed E-state index contributed by atoms with van der Waals surface area (Å²) in [4.78, 5) is 0. The standard InChI is InChI=1S/C17H18BrNO/c1-3-10-19-15-8-7-12(18)11-14(15)13-6-5-9-17(20,4-2)16(13)19/h3-4,7-8,11,20H,1-2,5-6,9-10H2. The summed E-state index contributed by atoms with van der Waals surface area (Å²) in [5.41, 5.74) is 2.46. The van der Waals surface area contributed by atoms with Crippen LogP contribution in [0.2, 0.25) is 0 Å². The predicted octanol–water partition coefficient (Wildman–Crippen LogP) is 4.30. The van der Waals surface area contributed by atoms with Crippen molar-refractivity contribution in [1.29, 1.82) is 0 Å². The van der Waals surface area contributed by atoms with Gasteiger partial charge >= 0.3 is 0 Å². The molecule has 1 unspecified atom stereocenters. The summed E-state index contributed by atoms with van der Waals surface area (Å²) in [5, 5.41) is 12.1. The van der Waals surface area contributed by atoms with Gasteiger partial charge in [0, 0.05) is 21.9 Å². The average Bonchev–Trinajstić information content (AvgIpc) is 2.75. The minimum Gasteiger partial charge on any atom is -0.379 e. The fraction of sp³-hybridized carbons (Fsp3) is 0.294. The first-order valence-corrected chi connectivity index (χ1v) is 7.68. The van der Waals surface area contributed by atoms with Crippen LogP contribution < -0.4 is 0 Å². The normalized spacial score (nSPS) is 21.7. The molecule has 0 bridgehead atoms. The third-order valence-electron chi connectivity index (χ3n) is 4.17. The number of aliphatic hydroxyl groups is 1. The molecule has 2 nitrogen and oxygen atoms in total. The van der Waals surface area contributed by atoms with E-state index in [-0.39, 0.29) is 0 Å². The van der Waals surface area contributed by atoms with E-state index in [1.54, 1.807) is 6.08 Å². The first-order chi connectivity index (χ1) is 9.60. The fourth-order valence-electron chi connectivity index (χ4n) is 3.31. The smallest absolute Gasteiger partial charge is 0.123 e. The molecule has 1 aromatic heterocycles. The van der Waals surface area contributed by atoms with Gasteiger partial charge in [-0.25, -0.2) is 0 Å². The second-order valence-electron chi connectivity index (χ2n) is 5.37. The van der Waals surface area contributed by atoms with E-state index in [1.165, 1.54) is 10.9 Å². The zero-order valence-corrected chi connectivity index (χ0v) is 13.0. The maximum absolute atomic E-state index is 10.9. The van der Waals surface area contributed by atoms with Crippen LogP contribution in [0, 0.1) is 0 Å². The molecular formula is C17H18BrNO. The van der Waals surface area contributed by atoms with Crippen LogP contribution in [0.5, 0.6) is 0 Å². The Morgan fingerprint density at radius 3 is 2.90 bits per heavy atom. The Hall–Kier alpha value is -1.32. The molecule has 0 radical (unpaired) electrons. The first kappa shape index (κ1) is 13.7. The summed E-state index contributed by atoms with van der Waals surface area (Å²) >= 11 is 3.54. The molecule has 104 valence electrons. The molecule has 2 aromatic rings. The molecule has 0 saturated heterocycles. The average molecular weight is 332 g/mol. The van der Waals surface area contributed by atoms with Crippen LogP contribution in [-0.2, 0) is 18.6 Å². The second-order valence-corrected chi connectivity index (χ2v) is 6.29. The summed E-state index contributed by atoms with van der Waals surface area (Å²) in [7, 11) is 0. The van der Waals surface area contributed by atoms with Crippen molar-refractivity contribution in [3.63, 3.8) is 0 Å². The summed E-state index contributed by atoms with van der Waals surface area (Å²) in [6.07, 6.45) is 6.27. The van der Waals surface area contributed by atoms with Gasteiger partial charge in [-0.15, -0.1) is 6.58 Å². The van der Waals surface area contributed by atoms with Gasteiger partial charge in [0.05, 0.1) is 5.69 Å². The Morgan fingerprint density at radius 2 is 2.20 bits per heavy atom. The lowest BCUT2D eigenvalue weighted by atomic mass is 9.83. The van der Waals surface area contributed by atoms with Crippen LogP contribution in [-0.4, -0.2) is 9.67 Å². The molecule has 0 saturated carbocycles. The van der Waals surface area contributed by atoms with Gasteiger partial charge in [-0.05, 0) is 43.0 Å². The van der Waals surface area contributed by atoms with E-state index < -0.39 is 5.60 Å². The van der Waals surface area contributed by atoms with E-state index >= 15 is 0 Å². The van der Waals surface area contributed by atoms with Crippen LogP contribution in [0.4, 0.5) is 0 Å². The van der Waals surface area contributed by atoms with Crippen molar-refractivity contribution in [2.75, 3.05) is 0 Å². The van der Waals surface area contributed by atoms with Gasteiger partial charge in [-0.1, -0.05) is 34.7 Å². The lowest BCUT2D eigenvalue weighted by Crippen LogP contribution is -2.30. The molecule has 0 aliphatic heterocycles. The lowest BCUT2D eigenvalue weighted by Gasteiger charge is -2.31. The Labute approximate surface area is 127 Å². The Balaban J connectivity index is 2.41. The summed E-state index contributed by atoms with van der Waals surface area (Å²) in [5.74, 6) is 0. The molecule has 1 heterocycles. The van der Waals surface area contributed by atoms with E-state index in [2.05, 4.69) is 45.8 Å². The lowest BCUT2D eigenvalue weighted by molar-refractivity contribution is 0.0627. The number of benzene rings is 1. The number of nitrogens with zero attached hydrogens (tertiary/aromatic N) is 1. The molecule has 3 rings (SSSR count). The van der Waals surface area contributed by atoms with Gasteiger partial charge in [0.15, 0.2) is 0 Å². The second kappa shape index (κ2) is 4.90. The molecule has 1 atom stereocenters. The Bertz CT molecular complexity index is 701. The van der Waals surface area contributed by atoms with E-state index in [4.69, 9.17) is 0 Å². The van der Waals surface area contributed by atoms with Crippen LogP contribution in [0.1, 0.15) is 24.1 Å². The highest BCUT2D eigenvalue weighted by Crippen LogP contribution is 2.42. The molecule has 1 aliphatic carbocycles. The van der Waals surface area contributed by atoms with Crippen molar-refractivity contribution in [3.05, 3.63) is 59.2 Å². The molecule has 0 spiro atoms. The number of hydrogen-bond acceptors (Lipinski definition) is 1. The number of aromatic nitrogens is 1. The van der Waals surface area contributed by atoms with Crippen molar-refractivity contribution in [1.82, 2.24) is 4.57 Å². The Kier molecular flexibility index (Phi) is 3.35. The summed E-state index contributed by atoms with van der Waals surface area (Å²) in [6.45, 7) is 8.39.